The van der Waals surface area contributed by atoms with E-state index in [1.807, 2.05) is 42.6 Å². The highest BCUT2D eigenvalue weighted by Crippen LogP contribution is 2.22. The van der Waals surface area contributed by atoms with Crippen molar-refractivity contribution in [3.05, 3.63) is 45.9 Å². The van der Waals surface area contributed by atoms with E-state index in [1.165, 1.54) is 11.3 Å². The molecule has 0 bridgehead atoms. The molecule has 2 aromatic rings. The molecule has 0 spiro atoms. The smallest absolute Gasteiger partial charge is 0.134 e. The summed E-state index contributed by atoms with van der Waals surface area (Å²) in [6.45, 7) is 4.81. The Bertz CT molecular complexity index is 650. The quantitative estimate of drug-likeness (QED) is 0.574. The van der Waals surface area contributed by atoms with Gasteiger partial charge in [-0.1, -0.05) is 25.5 Å². The molecule has 0 saturated carbocycles. The van der Waals surface area contributed by atoms with Gasteiger partial charge in [-0.3, -0.25) is 0 Å². The van der Waals surface area contributed by atoms with Crippen molar-refractivity contribution in [1.29, 1.82) is 5.26 Å². The normalized spacial score (nSPS) is 11.2. The SMILES string of the molecule is CCCCOc1ccc(/C=C(/C#N)c2nc(C)cs2)cc1. The average molecular weight is 298 g/mol. The summed E-state index contributed by atoms with van der Waals surface area (Å²) >= 11 is 1.49. The molecule has 0 fully saturated rings. The number of aryl methyl sites for hydroxylation is 1. The molecule has 2 rings (SSSR count). The van der Waals surface area contributed by atoms with Crippen LogP contribution in [0.15, 0.2) is 29.6 Å². The highest BCUT2D eigenvalue weighted by atomic mass is 32.1. The zero-order valence-electron chi connectivity index (χ0n) is 12.3. The van der Waals surface area contributed by atoms with Crippen molar-refractivity contribution in [3.63, 3.8) is 0 Å². The van der Waals surface area contributed by atoms with Crippen molar-refractivity contribution < 1.29 is 4.74 Å². The third-order valence-electron chi connectivity index (χ3n) is 2.93. The van der Waals surface area contributed by atoms with Crippen LogP contribution in [-0.4, -0.2) is 11.6 Å². The molecule has 1 heterocycles. The van der Waals surface area contributed by atoms with Crippen molar-refractivity contribution in [1.82, 2.24) is 4.98 Å². The number of allylic oxidation sites excluding steroid dienone is 1. The number of nitriles is 1. The third kappa shape index (κ3) is 4.44. The second kappa shape index (κ2) is 7.61. The number of unbranched alkanes of at least 4 members (excludes halogenated alkanes) is 1. The Hall–Kier alpha value is -2.12. The lowest BCUT2D eigenvalue weighted by atomic mass is 10.1. The largest absolute Gasteiger partial charge is 0.494 e. The summed E-state index contributed by atoms with van der Waals surface area (Å²) in [5.41, 5.74) is 2.51. The summed E-state index contributed by atoms with van der Waals surface area (Å²) in [4.78, 5) is 4.35. The lowest BCUT2D eigenvalue weighted by molar-refractivity contribution is 0.309. The Morgan fingerprint density at radius 2 is 2.14 bits per heavy atom. The molecule has 0 aliphatic heterocycles. The van der Waals surface area contributed by atoms with E-state index in [0.29, 0.717) is 5.57 Å². The number of hydrogen-bond donors (Lipinski definition) is 0. The first-order chi connectivity index (χ1) is 10.2. The number of aromatic nitrogens is 1. The van der Waals surface area contributed by atoms with E-state index < -0.39 is 0 Å². The zero-order chi connectivity index (χ0) is 15.1. The molecule has 21 heavy (non-hydrogen) atoms. The predicted octanol–water partition coefficient (Wildman–Crippen LogP) is 4.69. The molecule has 3 nitrogen and oxygen atoms in total. The van der Waals surface area contributed by atoms with E-state index in [9.17, 15) is 5.26 Å². The summed E-state index contributed by atoms with van der Waals surface area (Å²) in [7, 11) is 0. The van der Waals surface area contributed by atoms with Gasteiger partial charge in [0.25, 0.3) is 0 Å². The van der Waals surface area contributed by atoms with Gasteiger partial charge in [0.2, 0.25) is 0 Å². The van der Waals surface area contributed by atoms with Crippen LogP contribution >= 0.6 is 11.3 Å². The van der Waals surface area contributed by atoms with Gasteiger partial charge in [0.15, 0.2) is 0 Å². The summed E-state index contributed by atoms with van der Waals surface area (Å²) in [5.74, 6) is 0.865. The van der Waals surface area contributed by atoms with Gasteiger partial charge in [-0.05, 0) is 37.1 Å². The fourth-order valence-electron chi connectivity index (χ4n) is 1.78. The van der Waals surface area contributed by atoms with Crippen LogP contribution < -0.4 is 4.74 Å². The van der Waals surface area contributed by atoms with Crippen molar-refractivity contribution in [2.75, 3.05) is 6.61 Å². The van der Waals surface area contributed by atoms with Crippen LogP contribution in [0, 0.1) is 18.3 Å². The number of nitrogens with zero attached hydrogens (tertiary/aromatic N) is 2. The second-order valence-electron chi connectivity index (χ2n) is 4.73. The van der Waals surface area contributed by atoms with Crippen LogP contribution in [0.3, 0.4) is 0 Å². The van der Waals surface area contributed by atoms with Crippen LogP contribution in [-0.2, 0) is 0 Å². The molecule has 0 unspecified atom stereocenters. The van der Waals surface area contributed by atoms with Gasteiger partial charge in [-0.2, -0.15) is 5.26 Å². The first kappa shape index (κ1) is 15.3. The molecule has 4 heteroatoms. The van der Waals surface area contributed by atoms with Crippen LogP contribution in [0.1, 0.15) is 36.0 Å². The minimum absolute atomic E-state index is 0.591. The molecule has 0 aliphatic rings. The number of benzene rings is 1. The van der Waals surface area contributed by atoms with Gasteiger partial charge < -0.3 is 4.74 Å². The number of ether oxygens (including phenoxy) is 1. The molecule has 1 aromatic carbocycles. The maximum Gasteiger partial charge on any atom is 0.134 e. The average Bonchev–Trinajstić information content (AvgIpc) is 2.93. The van der Waals surface area contributed by atoms with Gasteiger partial charge in [0.05, 0.1) is 12.2 Å². The van der Waals surface area contributed by atoms with Gasteiger partial charge in [-0.25, -0.2) is 4.98 Å². The fraction of sp³-hybridized carbons (Fsp3) is 0.294. The van der Waals surface area contributed by atoms with Gasteiger partial charge >= 0.3 is 0 Å². The monoisotopic (exact) mass is 298 g/mol. The Kier molecular flexibility index (Phi) is 5.53. The number of thiazole rings is 1. The Labute approximate surface area is 129 Å². The van der Waals surface area contributed by atoms with Gasteiger partial charge in [-0.15, -0.1) is 11.3 Å². The first-order valence-corrected chi connectivity index (χ1v) is 7.88. The van der Waals surface area contributed by atoms with Crippen molar-refractivity contribution in [3.8, 4) is 11.8 Å². The highest BCUT2D eigenvalue weighted by molar-refractivity contribution is 7.11. The van der Waals surface area contributed by atoms with E-state index in [2.05, 4.69) is 18.0 Å². The molecule has 0 amide bonds. The maximum absolute atomic E-state index is 9.27. The maximum atomic E-state index is 9.27. The van der Waals surface area contributed by atoms with E-state index in [-0.39, 0.29) is 0 Å². The molecular formula is C17H18N2OS. The summed E-state index contributed by atoms with van der Waals surface area (Å²) in [6, 6.07) is 10.00. The lowest BCUT2D eigenvalue weighted by Gasteiger charge is -2.05. The topological polar surface area (TPSA) is 45.9 Å². The minimum Gasteiger partial charge on any atom is -0.494 e. The van der Waals surface area contributed by atoms with Crippen LogP contribution in [0.2, 0.25) is 0 Å². The first-order valence-electron chi connectivity index (χ1n) is 7.00. The van der Waals surface area contributed by atoms with E-state index in [1.54, 1.807) is 0 Å². The standard InChI is InChI=1S/C17H18N2OS/c1-3-4-9-20-16-7-5-14(6-8-16)10-15(11-18)17-19-13(2)12-21-17/h5-8,10,12H,3-4,9H2,1-2H3/b15-10-. The number of hydrogen-bond acceptors (Lipinski definition) is 4. The molecule has 0 radical (unpaired) electrons. The third-order valence-corrected chi connectivity index (χ3v) is 3.92. The second-order valence-corrected chi connectivity index (χ2v) is 5.59. The molecule has 108 valence electrons. The summed E-state index contributed by atoms with van der Waals surface area (Å²) < 4.78 is 5.62. The van der Waals surface area contributed by atoms with Crippen molar-refractivity contribution >= 4 is 23.0 Å². The fourth-order valence-corrected chi connectivity index (χ4v) is 2.54. The molecule has 0 atom stereocenters. The summed E-state index contributed by atoms with van der Waals surface area (Å²) in [5, 5.41) is 12.0. The molecule has 0 aliphatic carbocycles. The van der Waals surface area contributed by atoms with Crippen LogP contribution in [0.25, 0.3) is 11.6 Å². The minimum atomic E-state index is 0.591. The molecular weight excluding hydrogens is 280 g/mol. The molecule has 0 N–H and O–H groups in total. The van der Waals surface area contributed by atoms with Crippen molar-refractivity contribution in [2.24, 2.45) is 0 Å². The van der Waals surface area contributed by atoms with E-state index in [4.69, 9.17) is 4.74 Å². The molecule has 0 saturated heterocycles. The Balaban J connectivity index is 2.11. The Morgan fingerprint density at radius 1 is 1.38 bits per heavy atom. The predicted molar refractivity (Wildman–Crippen MR) is 87.2 cm³/mol. The number of rotatable bonds is 6. The van der Waals surface area contributed by atoms with E-state index >= 15 is 0 Å². The van der Waals surface area contributed by atoms with Crippen molar-refractivity contribution in [2.45, 2.75) is 26.7 Å². The molecule has 1 aromatic heterocycles. The van der Waals surface area contributed by atoms with Crippen LogP contribution in [0.5, 0.6) is 5.75 Å². The summed E-state index contributed by atoms with van der Waals surface area (Å²) in [6.07, 6.45) is 4.04. The van der Waals surface area contributed by atoms with Gasteiger partial charge in [0, 0.05) is 11.1 Å². The van der Waals surface area contributed by atoms with Gasteiger partial charge in [0.1, 0.15) is 16.8 Å². The zero-order valence-corrected chi connectivity index (χ0v) is 13.1. The van der Waals surface area contributed by atoms with Crippen LogP contribution in [0.4, 0.5) is 0 Å². The Morgan fingerprint density at radius 3 is 2.71 bits per heavy atom. The van der Waals surface area contributed by atoms with E-state index in [0.717, 1.165) is 41.5 Å². The lowest BCUT2D eigenvalue weighted by Crippen LogP contribution is -1.95. The highest BCUT2D eigenvalue weighted by Gasteiger charge is 2.05.